The molecule has 2 aliphatic heterocycles. The van der Waals surface area contributed by atoms with Crippen LogP contribution < -0.4 is 5.32 Å². The van der Waals surface area contributed by atoms with Crippen molar-refractivity contribution in [3.8, 4) is 0 Å². The van der Waals surface area contributed by atoms with E-state index in [-0.39, 0.29) is 0 Å². The summed E-state index contributed by atoms with van der Waals surface area (Å²) in [5.41, 5.74) is 0. The molecule has 0 radical (unpaired) electrons. The molecule has 0 aliphatic carbocycles. The third-order valence-electron chi connectivity index (χ3n) is 4.09. The maximum absolute atomic E-state index is 3.50. The first-order valence-corrected chi connectivity index (χ1v) is 6.77. The van der Waals surface area contributed by atoms with Gasteiger partial charge in [-0.25, -0.2) is 0 Å². The summed E-state index contributed by atoms with van der Waals surface area (Å²) in [5, 5.41) is 3.50. The average Bonchev–Trinajstić information content (AvgIpc) is 2.50. The van der Waals surface area contributed by atoms with E-state index in [1.807, 2.05) is 0 Å². The molecule has 1 unspecified atom stereocenters. The monoisotopic (exact) mass is 210 g/mol. The van der Waals surface area contributed by atoms with Crippen LogP contribution in [0.3, 0.4) is 0 Å². The molecule has 0 aromatic carbocycles. The fraction of sp³-hybridized carbons (Fsp3) is 1.00. The molecule has 0 aromatic heterocycles. The fourth-order valence-corrected chi connectivity index (χ4v) is 2.88. The van der Waals surface area contributed by atoms with E-state index in [2.05, 4.69) is 17.1 Å². The van der Waals surface area contributed by atoms with Crippen LogP contribution in [0.4, 0.5) is 0 Å². The van der Waals surface area contributed by atoms with Gasteiger partial charge < -0.3 is 10.2 Å². The van der Waals surface area contributed by atoms with Gasteiger partial charge >= 0.3 is 0 Å². The molecule has 0 spiro atoms. The minimum Gasteiger partial charge on any atom is -0.317 e. The third-order valence-corrected chi connectivity index (χ3v) is 4.09. The van der Waals surface area contributed by atoms with Crippen molar-refractivity contribution in [1.29, 1.82) is 0 Å². The highest BCUT2D eigenvalue weighted by Crippen LogP contribution is 2.20. The van der Waals surface area contributed by atoms with Crippen LogP contribution >= 0.6 is 0 Å². The van der Waals surface area contributed by atoms with E-state index in [1.54, 1.807) is 0 Å². The molecule has 2 nitrogen and oxygen atoms in total. The molecule has 2 saturated heterocycles. The van der Waals surface area contributed by atoms with Crippen LogP contribution in [0.1, 0.15) is 39.0 Å². The average molecular weight is 210 g/mol. The quantitative estimate of drug-likeness (QED) is 0.751. The molecule has 1 N–H and O–H groups in total. The van der Waals surface area contributed by atoms with Crippen molar-refractivity contribution in [1.82, 2.24) is 10.2 Å². The number of hydrogen-bond donors (Lipinski definition) is 1. The van der Waals surface area contributed by atoms with Gasteiger partial charge in [0.2, 0.25) is 0 Å². The van der Waals surface area contributed by atoms with Crippen LogP contribution in [0.5, 0.6) is 0 Å². The lowest BCUT2D eigenvalue weighted by Crippen LogP contribution is -2.36. The number of piperidine rings is 1. The first kappa shape index (κ1) is 11.4. The molecule has 0 saturated carbocycles. The summed E-state index contributed by atoms with van der Waals surface area (Å²) in [4.78, 5) is 2.70. The van der Waals surface area contributed by atoms with E-state index in [0.717, 1.165) is 11.8 Å². The van der Waals surface area contributed by atoms with E-state index in [4.69, 9.17) is 0 Å². The van der Waals surface area contributed by atoms with Crippen molar-refractivity contribution < 1.29 is 0 Å². The summed E-state index contributed by atoms with van der Waals surface area (Å²) in [5.74, 6) is 1.94. The lowest BCUT2D eigenvalue weighted by molar-refractivity contribution is 0.162. The summed E-state index contributed by atoms with van der Waals surface area (Å²) in [6.45, 7) is 8.96. The molecular formula is C13H26N2. The van der Waals surface area contributed by atoms with Crippen LogP contribution in [0.2, 0.25) is 0 Å². The van der Waals surface area contributed by atoms with Gasteiger partial charge in [0.25, 0.3) is 0 Å². The van der Waals surface area contributed by atoms with Gasteiger partial charge in [-0.1, -0.05) is 6.92 Å². The zero-order valence-corrected chi connectivity index (χ0v) is 10.2. The van der Waals surface area contributed by atoms with Gasteiger partial charge in [0.1, 0.15) is 0 Å². The standard InChI is InChI=1S/C13H26N2/c1-12-5-9-15(10-6-12)11-13-3-2-7-14-8-4-13/h12-14H,2-11H2,1H3. The van der Waals surface area contributed by atoms with Gasteiger partial charge in [-0.15, -0.1) is 0 Å². The SMILES string of the molecule is CC1CCN(CC2CCCNCC2)CC1. The van der Waals surface area contributed by atoms with Crippen molar-refractivity contribution in [2.45, 2.75) is 39.0 Å². The zero-order valence-electron chi connectivity index (χ0n) is 10.2. The molecular weight excluding hydrogens is 184 g/mol. The van der Waals surface area contributed by atoms with Gasteiger partial charge in [-0.2, -0.15) is 0 Å². The van der Waals surface area contributed by atoms with Crippen molar-refractivity contribution in [2.75, 3.05) is 32.7 Å². The Morgan fingerprint density at radius 3 is 2.67 bits per heavy atom. The summed E-state index contributed by atoms with van der Waals surface area (Å²) in [6.07, 6.45) is 7.07. The molecule has 88 valence electrons. The third kappa shape index (κ3) is 3.76. The lowest BCUT2D eigenvalue weighted by atomic mass is 9.95. The van der Waals surface area contributed by atoms with E-state index in [0.29, 0.717) is 0 Å². The molecule has 2 heteroatoms. The van der Waals surface area contributed by atoms with Gasteiger partial charge in [0, 0.05) is 6.54 Å². The van der Waals surface area contributed by atoms with Crippen LogP contribution in [0.25, 0.3) is 0 Å². The predicted octanol–water partition coefficient (Wildman–Crippen LogP) is 2.11. The molecule has 0 amide bonds. The molecule has 2 fully saturated rings. The van der Waals surface area contributed by atoms with Crippen molar-refractivity contribution in [2.24, 2.45) is 11.8 Å². The highest BCUT2D eigenvalue weighted by Gasteiger charge is 2.19. The Hall–Kier alpha value is -0.0800. The Bertz CT molecular complexity index is 165. The second kappa shape index (κ2) is 5.86. The molecule has 2 rings (SSSR count). The summed E-state index contributed by atoms with van der Waals surface area (Å²) >= 11 is 0. The summed E-state index contributed by atoms with van der Waals surface area (Å²) < 4.78 is 0. The van der Waals surface area contributed by atoms with Crippen molar-refractivity contribution >= 4 is 0 Å². The number of nitrogens with one attached hydrogen (secondary N) is 1. The predicted molar refractivity (Wildman–Crippen MR) is 65.0 cm³/mol. The maximum atomic E-state index is 3.50. The van der Waals surface area contributed by atoms with Crippen LogP contribution in [0, 0.1) is 11.8 Å². The minimum absolute atomic E-state index is 0.966. The van der Waals surface area contributed by atoms with Crippen molar-refractivity contribution in [3.05, 3.63) is 0 Å². The van der Waals surface area contributed by atoms with Gasteiger partial charge in [-0.05, 0) is 70.1 Å². The highest BCUT2D eigenvalue weighted by molar-refractivity contribution is 4.74. The van der Waals surface area contributed by atoms with Crippen LogP contribution in [-0.2, 0) is 0 Å². The number of nitrogens with zero attached hydrogens (tertiary/aromatic N) is 1. The van der Waals surface area contributed by atoms with E-state index >= 15 is 0 Å². The molecule has 0 bridgehead atoms. The van der Waals surface area contributed by atoms with Gasteiger partial charge in [0.15, 0.2) is 0 Å². The molecule has 2 heterocycles. The first-order valence-electron chi connectivity index (χ1n) is 6.77. The molecule has 0 aromatic rings. The number of rotatable bonds is 2. The molecule has 2 aliphatic rings. The van der Waals surface area contributed by atoms with Gasteiger partial charge in [0.05, 0.1) is 0 Å². The largest absolute Gasteiger partial charge is 0.317 e. The number of hydrogen-bond acceptors (Lipinski definition) is 2. The topological polar surface area (TPSA) is 15.3 Å². The Balaban J connectivity index is 1.70. The maximum Gasteiger partial charge on any atom is 0.00101 e. The van der Waals surface area contributed by atoms with E-state index in [1.165, 1.54) is 64.8 Å². The minimum atomic E-state index is 0.966. The van der Waals surface area contributed by atoms with E-state index < -0.39 is 0 Å². The smallest absolute Gasteiger partial charge is 0.00101 e. The Kier molecular flexibility index (Phi) is 4.45. The normalized spacial score (nSPS) is 31.4. The first-order chi connectivity index (χ1) is 7.34. The zero-order chi connectivity index (χ0) is 10.5. The second-order valence-corrected chi connectivity index (χ2v) is 5.53. The molecule has 15 heavy (non-hydrogen) atoms. The summed E-state index contributed by atoms with van der Waals surface area (Å²) in [7, 11) is 0. The second-order valence-electron chi connectivity index (χ2n) is 5.53. The van der Waals surface area contributed by atoms with Crippen molar-refractivity contribution in [3.63, 3.8) is 0 Å². The van der Waals surface area contributed by atoms with E-state index in [9.17, 15) is 0 Å². The molecule has 1 atom stereocenters. The highest BCUT2D eigenvalue weighted by atomic mass is 15.1. The summed E-state index contributed by atoms with van der Waals surface area (Å²) in [6, 6.07) is 0. The Morgan fingerprint density at radius 1 is 1.07 bits per heavy atom. The number of likely N-dealkylation sites (tertiary alicyclic amines) is 1. The Labute approximate surface area is 94.4 Å². The van der Waals surface area contributed by atoms with Crippen LogP contribution in [-0.4, -0.2) is 37.6 Å². The van der Waals surface area contributed by atoms with Crippen LogP contribution in [0.15, 0.2) is 0 Å². The Morgan fingerprint density at radius 2 is 1.87 bits per heavy atom. The fourth-order valence-electron chi connectivity index (χ4n) is 2.88. The van der Waals surface area contributed by atoms with Gasteiger partial charge in [-0.3, -0.25) is 0 Å². The lowest BCUT2D eigenvalue weighted by Gasteiger charge is -2.32.